The van der Waals surface area contributed by atoms with E-state index in [1.165, 1.54) is 26.6 Å². The minimum Gasteiger partial charge on any atom is -0.208 e. The number of hydrogen-bond donors (Lipinski definition) is 0. The van der Waals surface area contributed by atoms with Crippen molar-refractivity contribution in [1.82, 2.24) is 15.0 Å². The molecule has 0 aliphatic rings. The second-order valence-electron chi connectivity index (χ2n) is 7.45. The van der Waals surface area contributed by atoms with Crippen LogP contribution in [0.15, 0.2) is 97.1 Å². The summed E-state index contributed by atoms with van der Waals surface area (Å²) in [5.41, 5.74) is 4.31. The number of nitrogens with zero attached hydrogens (tertiary/aromatic N) is 3. The Morgan fingerprint density at radius 2 is 1.22 bits per heavy atom. The summed E-state index contributed by atoms with van der Waals surface area (Å²) in [6.45, 7) is 0. The zero-order valence-electron chi connectivity index (χ0n) is 16.9. The Morgan fingerprint density at radius 1 is 0.562 bits per heavy atom. The molecule has 0 unspecified atom stereocenters. The van der Waals surface area contributed by atoms with Crippen molar-refractivity contribution in [1.29, 1.82) is 0 Å². The second kappa shape index (κ2) is 7.83. The van der Waals surface area contributed by atoms with E-state index in [1.807, 2.05) is 36.4 Å². The third-order valence-corrected chi connectivity index (χ3v) is 6.86. The predicted molar refractivity (Wildman–Crippen MR) is 134 cm³/mol. The van der Waals surface area contributed by atoms with Gasteiger partial charge in [0.25, 0.3) is 0 Å². The van der Waals surface area contributed by atoms with Gasteiger partial charge in [0.1, 0.15) is 0 Å². The fourth-order valence-corrected chi connectivity index (χ4v) is 5.47. The first kappa shape index (κ1) is 19.1. The molecule has 0 aliphatic heterocycles. The van der Waals surface area contributed by atoms with E-state index < -0.39 is 0 Å². The number of aromatic nitrogens is 3. The molecular weight excluding hydrogens is 434 g/mol. The molecule has 0 aliphatic carbocycles. The third kappa shape index (κ3) is 3.25. The highest BCUT2D eigenvalue weighted by atomic mass is 35.5. The molecule has 6 rings (SSSR count). The number of fused-ring (bicyclic) bond motifs is 3. The SMILES string of the molecule is Clc1nc(-c2ccccc2)nc(-c2cccc3c2sc2cccc(-c4ccccc4)c23)n1. The molecule has 3 nitrogen and oxygen atoms in total. The standard InChI is InChI=1S/C27H16ClN3S/c28-27-30-25(18-11-5-2-6-12-18)29-26(31-27)21-15-7-14-20-23-19(17-9-3-1-4-10-17)13-8-16-22(23)32-24(20)21/h1-16H. The van der Waals surface area contributed by atoms with Gasteiger partial charge in [0.2, 0.25) is 5.28 Å². The van der Waals surface area contributed by atoms with Crippen LogP contribution < -0.4 is 0 Å². The molecule has 2 aromatic heterocycles. The average Bonchev–Trinajstić information content (AvgIpc) is 3.24. The van der Waals surface area contributed by atoms with Gasteiger partial charge in [-0.3, -0.25) is 0 Å². The molecule has 152 valence electrons. The van der Waals surface area contributed by atoms with Crippen LogP contribution in [0.3, 0.4) is 0 Å². The maximum absolute atomic E-state index is 6.33. The number of rotatable bonds is 3. The van der Waals surface area contributed by atoms with Gasteiger partial charge < -0.3 is 0 Å². The van der Waals surface area contributed by atoms with E-state index in [-0.39, 0.29) is 5.28 Å². The number of hydrogen-bond acceptors (Lipinski definition) is 4. The van der Waals surface area contributed by atoms with Crippen molar-refractivity contribution in [2.75, 3.05) is 0 Å². The first-order valence-electron chi connectivity index (χ1n) is 10.2. The van der Waals surface area contributed by atoms with Crippen LogP contribution in [0.5, 0.6) is 0 Å². The molecule has 0 N–H and O–H groups in total. The normalized spacial score (nSPS) is 11.3. The quantitative estimate of drug-likeness (QED) is 0.275. The van der Waals surface area contributed by atoms with Crippen LogP contribution in [-0.2, 0) is 0 Å². The van der Waals surface area contributed by atoms with E-state index in [4.69, 9.17) is 16.6 Å². The Balaban J connectivity index is 1.60. The van der Waals surface area contributed by atoms with E-state index >= 15 is 0 Å². The highest BCUT2D eigenvalue weighted by molar-refractivity contribution is 7.26. The first-order chi connectivity index (χ1) is 15.8. The highest BCUT2D eigenvalue weighted by Gasteiger charge is 2.17. The third-order valence-electron chi connectivity index (χ3n) is 5.49. The summed E-state index contributed by atoms with van der Waals surface area (Å²) in [7, 11) is 0. The van der Waals surface area contributed by atoms with Crippen molar-refractivity contribution in [3.8, 4) is 33.9 Å². The van der Waals surface area contributed by atoms with E-state index in [9.17, 15) is 0 Å². The van der Waals surface area contributed by atoms with Gasteiger partial charge >= 0.3 is 0 Å². The van der Waals surface area contributed by atoms with Gasteiger partial charge in [-0.05, 0) is 34.9 Å². The molecule has 4 aromatic carbocycles. The van der Waals surface area contributed by atoms with E-state index in [0.29, 0.717) is 11.6 Å². The minimum absolute atomic E-state index is 0.192. The van der Waals surface area contributed by atoms with E-state index in [2.05, 4.69) is 70.6 Å². The van der Waals surface area contributed by atoms with E-state index in [0.717, 1.165) is 15.8 Å². The Hall–Kier alpha value is -3.60. The van der Waals surface area contributed by atoms with Crippen LogP contribution in [-0.4, -0.2) is 15.0 Å². The molecule has 0 radical (unpaired) electrons. The molecule has 0 fully saturated rings. The zero-order chi connectivity index (χ0) is 21.5. The molecule has 0 spiro atoms. The molecule has 0 saturated carbocycles. The lowest BCUT2D eigenvalue weighted by Crippen LogP contribution is -1.97. The van der Waals surface area contributed by atoms with Crippen molar-refractivity contribution in [2.45, 2.75) is 0 Å². The molecule has 0 saturated heterocycles. The summed E-state index contributed by atoms with van der Waals surface area (Å²) in [5.74, 6) is 1.16. The summed E-state index contributed by atoms with van der Waals surface area (Å²) in [6.07, 6.45) is 0. The second-order valence-corrected chi connectivity index (χ2v) is 8.84. The van der Waals surface area contributed by atoms with Gasteiger partial charge in [-0.1, -0.05) is 84.9 Å². The number of halogens is 1. The predicted octanol–water partition coefficient (Wildman–Crippen LogP) is 7.89. The molecule has 6 aromatic rings. The van der Waals surface area contributed by atoms with Crippen LogP contribution in [0, 0.1) is 0 Å². The van der Waals surface area contributed by atoms with Crippen molar-refractivity contribution in [3.05, 3.63) is 102 Å². The Kier molecular flexibility index (Phi) is 4.67. The molecule has 2 heterocycles. The lowest BCUT2D eigenvalue weighted by Gasteiger charge is -2.07. The summed E-state index contributed by atoms with van der Waals surface area (Å²) >= 11 is 8.08. The van der Waals surface area contributed by atoms with Crippen molar-refractivity contribution < 1.29 is 0 Å². The smallest absolute Gasteiger partial charge is 0.208 e. The van der Waals surface area contributed by atoms with Crippen molar-refractivity contribution in [3.63, 3.8) is 0 Å². The summed E-state index contributed by atoms with van der Waals surface area (Å²) in [6, 6.07) is 33.1. The maximum Gasteiger partial charge on any atom is 0.226 e. The van der Waals surface area contributed by atoms with Crippen LogP contribution in [0.25, 0.3) is 54.1 Å². The molecule has 5 heteroatoms. The van der Waals surface area contributed by atoms with Gasteiger partial charge in [-0.15, -0.1) is 11.3 Å². The van der Waals surface area contributed by atoms with Crippen LogP contribution >= 0.6 is 22.9 Å². The van der Waals surface area contributed by atoms with Crippen LogP contribution in [0.1, 0.15) is 0 Å². The van der Waals surface area contributed by atoms with Crippen molar-refractivity contribution in [2.24, 2.45) is 0 Å². The average molecular weight is 450 g/mol. The van der Waals surface area contributed by atoms with Crippen molar-refractivity contribution >= 4 is 43.1 Å². The van der Waals surface area contributed by atoms with Gasteiger partial charge in [-0.25, -0.2) is 4.98 Å². The Morgan fingerprint density at radius 3 is 2.00 bits per heavy atom. The Labute approximate surface area is 194 Å². The molecule has 0 bridgehead atoms. The number of thiophene rings is 1. The van der Waals surface area contributed by atoms with Gasteiger partial charge in [0.15, 0.2) is 11.6 Å². The molecule has 32 heavy (non-hydrogen) atoms. The van der Waals surface area contributed by atoms with Gasteiger partial charge in [0.05, 0.1) is 0 Å². The summed E-state index contributed by atoms with van der Waals surface area (Å²) in [4.78, 5) is 13.6. The lowest BCUT2D eigenvalue weighted by molar-refractivity contribution is 1.07. The minimum atomic E-state index is 0.192. The van der Waals surface area contributed by atoms with E-state index in [1.54, 1.807) is 11.3 Å². The van der Waals surface area contributed by atoms with Gasteiger partial charge in [0, 0.05) is 31.3 Å². The fraction of sp³-hybridized carbons (Fsp3) is 0. The van der Waals surface area contributed by atoms with Crippen LogP contribution in [0.4, 0.5) is 0 Å². The molecule has 0 amide bonds. The topological polar surface area (TPSA) is 38.7 Å². The Bertz CT molecular complexity index is 1580. The summed E-state index contributed by atoms with van der Waals surface area (Å²) in [5, 5.41) is 2.64. The van der Waals surface area contributed by atoms with Crippen LogP contribution in [0.2, 0.25) is 5.28 Å². The number of benzene rings is 4. The lowest BCUT2D eigenvalue weighted by atomic mass is 9.99. The highest BCUT2D eigenvalue weighted by Crippen LogP contribution is 2.43. The fourth-order valence-electron chi connectivity index (χ4n) is 4.07. The summed E-state index contributed by atoms with van der Waals surface area (Å²) < 4.78 is 2.38. The first-order valence-corrected chi connectivity index (χ1v) is 11.4. The molecule has 0 atom stereocenters. The largest absolute Gasteiger partial charge is 0.226 e. The maximum atomic E-state index is 6.33. The van der Waals surface area contributed by atoms with Gasteiger partial charge in [-0.2, -0.15) is 9.97 Å². The molecular formula is C27H16ClN3S. The monoisotopic (exact) mass is 449 g/mol. The zero-order valence-corrected chi connectivity index (χ0v) is 18.4.